The van der Waals surface area contributed by atoms with Crippen molar-refractivity contribution in [1.82, 2.24) is 20.3 Å². The van der Waals surface area contributed by atoms with Crippen molar-refractivity contribution in [2.45, 2.75) is 38.5 Å². The summed E-state index contributed by atoms with van der Waals surface area (Å²) < 4.78 is 7.40. The van der Waals surface area contributed by atoms with Gasteiger partial charge in [-0.2, -0.15) is 0 Å². The van der Waals surface area contributed by atoms with E-state index in [2.05, 4.69) is 15.6 Å². The third kappa shape index (κ3) is 2.03. The molecule has 1 atom stereocenters. The van der Waals surface area contributed by atoms with Crippen molar-refractivity contribution in [2.24, 2.45) is 0 Å². The van der Waals surface area contributed by atoms with Gasteiger partial charge in [-0.25, -0.2) is 4.68 Å². The maximum absolute atomic E-state index is 5.37. The summed E-state index contributed by atoms with van der Waals surface area (Å²) in [6.45, 7) is 2.78. The third-order valence-electron chi connectivity index (χ3n) is 2.78. The lowest BCUT2D eigenvalue weighted by atomic mass is 10.2. The van der Waals surface area contributed by atoms with Gasteiger partial charge in [0.2, 0.25) is 0 Å². The summed E-state index contributed by atoms with van der Waals surface area (Å²) >= 11 is 0. The monoisotopic (exact) mass is 210 g/mol. The van der Waals surface area contributed by atoms with E-state index in [1.165, 1.54) is 12.8 Å². The Balaban J connectivity index is 2.30. The molecule has 1 saturated carbocycles. The number of hydrogen-bond acceptors (Lipinski definition) is 4. The van der Waals surface area contributed by atoms with Crippen LogP contribution in [0.5, 0.6) is 0 Å². The van der Waals surface area contributed by atoms with Crippen LogP contribution in [0.2, 0.25) is 0 Å². The number of rotatable bonds is 5. The van der Waals surface area contributed by atoms with Crippen molar-refractivity contribution in [2.75, 3.05) is 14.2 Å². The lowest BCUT2D eigenvalue weighted by Crippen LogP contribution is -2.13. The largest absolute Gasteiger partial charge is 0.375 e. The Hall–Kier alpha value is -0.940. The van der Waals surface area contributed by atoms with E-state index in [9.17, 15) is 0 Å². The standard InChI is InChI=1S/C10H18N4O/c1-7(15-3)10-9(6-11-2)12-13-14(10)8-4-5-8/h7-8,11H,4-6H2,1-3H3. The molecule has 0 amide bonds. The van der Waals surface area contributed by atoms with Crippen LogP contribution in [-0.4, -0.2) is 29.2 Å². The van der Waals surface area contributed by atoms with E-state index < -0.39 is 0 Å². The molecule has 0 saturated heterocycles. The second-order valence-corrected chi connectivity index (χ2v) is 4.01. The Kier molecular flexibility index (Phi) is 3.02. The first-order valence-electron chi connectivity index (χ1n) is 5.39. The molecular weight excluding hydrogens is 192 g/mol. The minimum Gasteiger partial charge on any atom is -0.375 e. The number of nitrogens with one attached hydrogen (secondary N) is 1. The molecule has 1 N–H and O–H groups in total. The van der Waals surface area contributed by atoms with Crippen LogP contribution in [0.25, 0.3) is 0 Å². The number of aromatic nitrogens is 3. The molecule has 5 nitrogen and oxygen atoms in total. The van der Waals surface area contributed by atoms with Gasteiger partial charge >= 0.3 is 0 Å². The maximum Gasteiger partial charge on any atom is 0.102 e. The topological polar surface area (TPSA) is 52.0 Å². The van der Waals surface area contributed by atoms with E-state index >= 15 is 0 Å². The van der Waals surface area contributed by atoms with Gasteiger partial charge in [0.05, 0.1) is 17.8 Å². The Morgan fingerprint density at radius 2 is 2.33 bits per heavy atom. The van der Waals surface area contributed by atoms with E-state index in [1.54, 1.807) is 7.11 Å². The zero-order valence-electron chi connectivity index (χ0n) is 9.53. The minimum absolute atomic E-state index is 0.0592. The fourth-order valence-corrected chi connectivity index (χ4v) is 1.75. The van der Waals surface area contributed by atoms with Crippen LogP contribution in [0.3, 0.4) is 0 Å². The minimum atomic E-state index is 0.0592. The van der Waals surface area contributed by atoms with Gasteiger partial charge in [0.25, 0.3) is 0 Å². The molecule has 1 unspecified atom stereocenters. The highest BCUT2D eigenvalue weighted by atomic mass is 16.5. The van der Waals surface area contributed by atoms with Gasteiger partial charge in [0.1, 0.15) is 5.69 Å². The number of hydrogen-bond donors (Lipinski definition) is 1. The van der Waals surface area contributed by atoms with Crippen molar-refractivity contribution >= 4 is 0 Å². The van der Waals surface area contributed by atoms with E-state index in [-0.39, 0.29) is 6.10 Å². The van der Waals surface area contributed by atoms with Gasteiger partial charge in [-0.15, -0.1) is 5.10 Å². The van der Waals surface area contributed by atoms with Gasteiger partial charge < -0.3 is 10.1 Å². The summed E-state index contributed by atoms with van der Waals surface area (Å²) in [5, 5.41) is 11.5. The van der Waals surface area contributed by atoms with Crippen molar-refractivity contribution in [3.63, 3.8) is 0 Å². The summed E-state index contributed by atoms with van der Waals surface area (Å²) in [6, 6.07) is 0.552. The Labute approximate surface area is 89.8 Å². The van der Waals surface area contributed by atoms with Crippen molar-refractivity contribution in [3.05, 3.63) is 11.4 Å². The molecule has 5 heteroatoms. The van der Waals surface area contributed by atoms with Crippen LogP contribution in [0.4, 0.5) is 0 Å². The number of nitrogens with zero attached hydrogens (tertiary/aromatic N) is 3. The Bertz CT molecular complexity index is 332. The molecule has 0 bridgehead atoms. The molecule has 84 valence electrons. The summed E-state index contributed by atoms with van der Waals surface area (Å²) in [6.07, 6.45) is 2.49. The highest BCUT2D eigenvalue weighted by Gasteiger charge is 2.30. The van der Waals surface area contributed by atoms with Crippen LogP contribution in [0.15, 0.2) is 0 Å². The van der Waals surface area contributed by atoms with Crippen LogP contribution < -0.4 is 5.32 Å². The quantitative estimate of drug-likeness (QED) is 0.789. The molecule has 15 heavy (non-hydrogen) atoms. The second-order valence-electron chi connectivity index (χ2n) is 4.01. The molecule has 0 spiro atoms. The zero-order valence-corrected chi connectivity index (χ0v) is 9.53. The first-order valence-corrected chi connectivity index (χ1v) is 5.39. The molecule has 0 radical (unpaired) electrons. The molecule has 1 aliphatic carbocycles. The molecule has 0 aromatic carbocycles. The van der Waals surface area contributed by atoms with Crippen LogP contribution in [0, 0.1) is 0 Å². The van der Waals surface area contributed by atoms with E-state index in [1.807, 2.05) is 18.7 Å². The molecule has 1 aliphatic rings. The predicted octanol–water partition coefficient (Wildman–Crippen LogP) is 1.04. The van der Waals surface area contributed by atoms with Gasteiger partial charge in [-0.05, 0) is 26.8 Å². The van der Waals surface area contributed by atoms with Crippen LogP contribution >= 0.6 is 0 Å². The summed E-state index contributed by atoms with van der Waals surface area (Å²) in [7, 11) is 3.63. The maximum atomic E-state index is 5.37. The third-order valence-corrected chi connectivity index (χ3v) is 2.78. The normalized spacial score (nSPS) is 18.1. The average molecular weight is 210 g/mol. The lowest BCUT2D eigenvalue weighted by Gasteiger charge is -2.13. The van der Waals surface area contributed by atoms with Gasteiger partial charge in [0.15, 0.2) is 0 Å². The van der Waals surface area contributed by atoms with E-state index in [0.717, 1.165) is 17.9 Å². The number of methoxy groups -OCH3 is 1. The molecular formula is C10H18N4O. The van der Waals surface area contributed by atoms with Crippen molar-refractivity contribution in [3.8, 4) is 0 Å². The smallest absolute Gasteiger partial charge is 0.102 e. The summed E-state index contributed by atoms with van der Waals surface area (Å²) in [5.74, 6) is 0. The first-order chi connectivity index (χ1) is 7.27. The first kappa shape index (κ1) is 10.6. The molecule has 1 heterocycles. The van der Waals surface area contributed by atoms with Crippen molar-refractivity contribution in [1.29, 1.82) is 0 Å². The fraction of sp³-hybridized carbons (Fsp3) is 0.800. The molecule has 2 rings (SSSR count). The van der Waals surface area contributed by atoms with Gasteiger partial charge in [-0.1, -0.05) is 5.21 Å². The van der Waals surface area contributed by atoms with E-state index in [4.69, 9.17) is 4.74 Å². The molecule has 1 fully saturated rings. The molecule has 1 aromatic heterocycles. The molecule has 0 aliphatic heterocycles. The second kappa shape index (κ2) is 4.28. The van der Waals surface area contributed by atoms with Crippen LogP contribution in [0.1, 0.15) is 43.3 Å². The predicted molar refractivity (Wildman–Crippen MR) is 56.5 cm³/mol. The van der Waals surface area contributed by atoms with Crippen LogP contribution in [-0.2, 0) is 11.3 Å². The lowest BCUT2D eigenvalue weighted by molar-refractivity contribution is 0.110. The summed E-state index contributed by atoms with van der Waals surface area (Å²) in [5.41, 5.74) is 2.12. The SMILES string of the molecule is CNCc1nnn(C2CC2)c1C(C)OC. The fourth-order valence-electron chi connectivity index (χ4n) is 1.75. The number of ether oxygens (including phenoxy) is 1. The highest BCUT2D eigenvalue weighted by molar-refractivity contribution is 5.15. The van der Waals surface area contributed by atoms with Crippen molar-refractivity contribution < 1.29 is 4.74 Å². The van der Waals surface area contributed by atoms with Gasteiger partial charge in [0, 0.05) is 13.7 Å². The Morgan fingerprint density at radius 1 is 1.60 bits per heavy atom. The zero-order chi connectivity index (χ0) is 10.8. The Morgan fingerprint density at radius 3 is 2.87 bits per heavy atom. The molecule has 1 aromatic rings. The van der Waals surface area contributed by atoms with E-state index in [0.29, 0.717) is 6.04 Å². The van der Waals surface area contributed by atoms with Gasteiger partial charge in [-0.3, -0.25) is 0 Å². The average Bonchev–Trinajstić information content (AvgIpc) is 3.00. The summed E-state index contributed by atoms with van der Waals surface area (Å²) in [4.78, 5) is 0. The highest BCUT2D eigenvalue weighted by Crippen LogP contribution is 2.37.